The zero-order chi connectivity index (χ0) is 15.5. The summed E-state index contributed by atoms with van der Waals surface area (Å²) in [5.74, 6) is 0.152. The fraction of sp³-hybridized carbons (Fsp3) is 0.625. The Morgan fingerprint density at radius 2 is 2.29 bits per heavy atom. The predicted molar refractivity (Wildman–Crippen MR) is 80.4 cm³/mol. The molecule has 0 bridgehead atoms. The van der Waals surface area contributed by atoms with Gasteiger partial charge in [0.15, 0.2) is 0 Å². The molecule has 0 unspecified atom stereocenters. The van der Waals surface area contributed by atoms with Gasteiger partial charge in [0.1, 0.15) is 5.60 Å². The van der Waals surface area contributed by atoms with Gasteiger partial charge in [-0.05, 0) is 24.5 Å². The van der Waals surface area contributed by atoms with Crippen LogP contribution in [0.2, 0.25) is 0 Å². The first-order valence-electron chi connectivity index (χ1n) is 7.53. The molecule has 0 radical (unpaired) electrons. The summed E-state index contributed by atoms with van der Waals surface area (Å²) in [6.07, 6.45) is 1.26. The summed E-state index contributed by atoms with van der Waals surface area (Å²) in [5.41, 5.74) is 1.44. The van der Waals surface area contributed by atoms with Crippen molar-refractivity contribution >= 4 is 5.91 Å². The summed E-state index contributed by atoms with van der Waals surface area (Å²) in [4.78, 5) is 16.9. The van der Waals surface area contributed by atoms with Crippen molar-refractivity contribution in [3.63, 3.8) is 0 Å². The van der Waals surface area contributed by atoms with Gasteiger partial charge in [0.05, 0.1) is 17.9 Å². The smallest absolute Gasteiger partial charge is 0.253 e. The van der Waals surface area contributed by atoms with E-state index in [1.54, 1.807) is 0 Å². The van der Waals surface area contributed by atoms with Gasteiger partial charge in [-0.25, -0.2) is 0 Å². The second-order valence-corrected chi connectivity index (χ2v) is 5.95. The van der Waals surface area contributed by atoms with Crippen LogP contribution >= 0.6 is 0 Å². The van der Waals surface area contributed by atoms with E-state index in [1.165, 1.54) is 0 Å². The number of ether oxygens (including phenoxy) is 1. The van der Waals surface area contributed by atoms with Gasteiger partial charge in [0.25, 0.3) is 5.91 Å². The minimum absolute atomic E-state index is 0.185. The highest BCUT2D eigenvalue weighted by Gasteiger charge is 2.32. The molecule has 2 N–H and O–H groups in total. The Bertz CT molecular complexity index is 508. The molecule has 116 valence electrons. The van der Waals surface area contributed by atoms with E-state index >= 15 is 0 Å². The fourth-order valence-electron chi connectivity index (χ4n) is 2.39. The van der Waals surface area contributed by atoms with E-state index in [9.17, 15) is 9.90 Å². The van der Waals surface area contributed by atoms with Crippen LogP contribution < -0.4 is 5.32 Å². The average Bonchev–Trinajstić information content (AvgIpc) is 2.91. The summed E-state index contributed by atoms with van der Waals surface area (Å²) >= 11 is 0. The van der Waals surface area contributed by atoms with Crippen LogP contribution in [0, 0.1) is 0 Å². The maximum atomic E-state index is 12.3. The lowest BCUT2D eigenvalue weighted by Gasteiger charge is -2.21. The molecule has 0 aliphatic carbocycles. The number of rotatable bonds is 5. The summed E-state index contributed by atoms with van der Waals surface area (Å²) in [6, 6.07) is 3.72. The number of amides is 1. The van der Waals surface area contributed by atoms with Crippen molar-refractivity contribution in [1.82, 2.24) is 10.3 Å². The van der Waals surface area contributed by atoms with Crippen molar-refractivity contribution in [1.29, 1.82) is 0 Å². The van der Waals surface area contributed by atoms with Gasteiger partial charge >= 0.3 is 0 Å². The molecule has 1 aliphatic heterocycles. The summed E-state index contributed by atoms with van der Waals surface area (Å²) in [5, 5.41) is 13.0. The molecule has 1 amide bonds. The molecule has 0 saturated carbocycles. The number of nitrogens with zero attached hydrogens (tertiary/aromatic N) is 1. The maximum Gasteiger partial charge on any atom is 0.253 e. The summed E-state index contributed by atoms with van der Waals surface area (Å²) in [7, 11) is 0. The lowest BCUT2D eigenvalue weighted by Crippen LogP contribution is -2.43. The van der Waals surface area contributed by atoms with Crippen molar-refractivity contribution in [2.45, 2.75) is 45.1 Å². The first-order valence-corrected chi connectivity index (χ1v) is 7.53. The lowest BCUT2D eigenvalue weighted by molar-refractivity contribution is 0.0264. The minimum Gasteiger partial charge on any atom is -0.386 e. The fourth-order valence-corrected chi connectivity index (χ4v) is 2.39. The highest BCUT2D eigenvalue weighted by molar-refractivity contribution is 5.95. The number of hydrogen-bond donors (Lipinski definition) is 2. The van der Waals surface area contributed by atoms with E-state index in [1.807, 2.05) is 19.1 Å². The Morgan fingerprint density at radius 3 is 2.86 bits per heavy atom. The van der Waals surface area contributed by atoms with Crippen LogP contribution in [0.3, 0.4) is 0 Å². The van der Waals surface area contributed by atoms with Gasteiger partial charge in [-0.1, -0.05) is 20.8 Å². The number of carbonyl (C=O) groups is 1. The molecule has 2 heterocycles. The van der Waals surface area contributed by atoms with Crippen molar-refractivity contribution in [3.8, 4) is 0 Å². The zero-order valence-corrected chi connectivity index (χ0v) is 13.0. The minimum atomic E-state index is -0.937. The van der Waals surface area contributed by atoms with Crippen LogP contribution in [0.5, 0.6) is 0 Å². The van der Waals surface area contributed by atoms with Gasteiger partial charge in [-0.2, -0.15) is 0 Å². The highest BCUT2D eigenvalue weighted by atomic mass is 16.5. The first-order chi connectivity index (χ1) is 9.95. The average molecular weight is 292 g/mol. The topological polar surface area (TPSA) is 71.5 Å². The number of aromatic nitrogens is 1. The molecule has 1 atom stereocenters. The third kappa shape index (κ3) is 3.80. The van der Waals surface area contributed by atoms with Crippen molar-refractivity contribution in [3.05, 3.63) is 29.1 Å². The molecule has 1 aromatic rings. The summed E-state index contributed by atoms with van der Waals surface area (Å²) in [6.45, 7) is 7.17. The highest BCUT2D eigenvalue weighted by Crippen LogP contribution is 2.18. The van der Waals surface area contributed by atoms with Gasteiger partial charge in [-0.15, -0.1) is 0 Å². The molecular weight excluding hydrogens is 268 g/mol. The van der Waals surface area contributed by atoms with E-state index in [0.29, 0.717) is 30.9 Å². The van der Waals surface area contributed by atoms with E-state index < -0.39 is 5.60 Å². The third-order valence-electron chi connectivity index (χ3n) is 3.83. The number of pyridine rings is 1. The van der Waals surface area contributed by atoms with E-state index in [4.69, 9.17) is 4.74 Å². The molecule has 1 fully saturated rings. The van der Waals surface area contributed by atoms with E-state index in [2.05, 4.69) is 24.1 Å². The standard InChI is InChI=1S/C16H24N2O3/c1-4-13-12(5-6-14(18-13)11(2)3)15(19)17-9-16(20)7-8-21-10-16/h5-6,11,20H,4,7-10H2,1-3H3,(H,17,19)/t16-/m1/s1. The monoisotopic (exact) mass is 292 g/mol. The number of aliphatic hydroxyl groups is 1. The number of aryl methyl sites for hydroxylation is 1. The predicted octanol–water partition coefficient (Wildman–Crippen LogP) is 1.65. The molecule has 0 spiro atoms. The van der Waals surface area contributed by atoms with Crippen LogP contribution in [0.4, 0.5) is 0 Å². The Labute approximate surface area is 125 Å². The number of carbonyl (C=O) groups excluding carboxylic acids is 1. The third-order valence-corrected chi connectivity index (χ3v) is 3.83. The van der Waals surface area contributed by atoms with E-state index in [0.717, 1.165) is 11.4 Å². The summed E-state index contributed by atoms with van der Waals surface area (Å²) < 4.78 is 5.17. The maximum absolute atomic E-state index is 12.3. The van der Waals surface area contributed by atoms with Crippen LogP contribution in [0.25, 0.3) is 0 Å². The van der Waals surface area contributed by atoms with Crippen LogP contribution in [0.1, 0.15) is 54.9 Å². The Morgan fingerprint density at radius 1 is 1.52 bits per heavy atom. The van der Waals surface area contributed by atoms with Gasteiger partial charge in [0, 0.05) is 25.3 Å². The van der Waals surface area contributed by atoms with Crippen LogP contribution in [-0.4, -0.2) is 41.4 Å². The molecule has 2 rings (SSSR count). The molecule has 1 aromatic heterocycles. The number of nitrogens with one attached hydrogen (secondary N) is 1. The Kier molecular flexibility index (Phi) is 4.96. The largest absolute Gasteiger partial charge is 0.386 e. The van der Waals surface area contributed by atoms with Crippen molar-refractivity contribution in [2.24, 2.45) is 0 Å². The van der Waals surface area contributed by atoms with Gasteiger partial charge in [-0.3, -0.25) is 9.78 Å². The van der Waals surface area contributed by atoms with E-state index in [-0.39, 0.29) is 19.1 Å². The SMILES string of the molecule is CCc1nc(C(C)C)ccc1C(=O)NC[C@]1(O)CCOC1. The second kappa shape index (κ2) is 6.54. The Balaban J connectivity index is 2.08. The van der Waals surface area contributed by atoms with Gasteiger partial charge in [0.2, 0.25) is 0 Å². The molecule has 5 nitrogen and oxygen atoms in total. The van der Waals surface area contributed by atoms with Crippen LogP contribution in [-0.2, 0) is 11.2 Å². The lowest BCUT2D eigenvalue weighted by atomic mass is 10.0. The number of hydrogen-bond acceptors (Lipinski definition) is 4. The van der Waals surface area contributed by atoms with Crippen LogP contribution in [0.15, 0.2) is 12.1 Å². The molecule has 1 saturated heterocycles. The quantitative estimate of drug-likeness (QED) is 0.865. The molecule has 1 aliphatic rings. The first kappa shape index (κ1) is 15.9. The van der Waals surface area contributed by atoms with Crippen molar-refractivity contribution in [2.75, 3.05) is 19.8 Å². The zero-order valence-electron chi connectivity index (χ0n) is 13.0. The molecule has 0 aromatic carbocycles. The normalized spacial score (nSPS) is 21.8. The molecule has 21 heavy (non-hydrogen) atoms. The Hall–Kier alpha value is -1.46. The van der Waals surface area contributed by atoms with Gasteiger partial charge < -0.3 is 15.2 Å². The second-order valence-electron chi connectivity index (χ2n) is 5.95. The molecule has 5 heteroatoms. The molecular formula is C16H24N2O3. The van der Waals surface area contributed by atoms with Crippen molar-refractivity contribution < 1.29 is 14.6 Å².